The molecule has 2 nitrogen and oxygen atoms in total. The summed E-state index contributed by atoms with van der Waals surface area (Å²) >= 11 is 0. The molecule has 0 atom stereocenters. The van der Waals surface area contributed by atoms with E-state index < -0.39 is 5.97 Å². The molecule has 0 aromatic rings. The maximum atomic E-state index is 10.2. The number of hydrogen-bond acceptors (Lipinski definition) is 1. The number of hydrogen-bond donors (Lipinski definition) is 1. The first kappa shape index (κ1) is 17.7. The maximum absolute atomic E-state index is 10.2. The fourth-order valence-electron chi connectivity index (χ4n) is 1.26. The number of unbranched alkanes of at least 4 members (excludes halogenated alkanes) is 4. The van der Waals surface area contributed by atoms with Gasteiger partial charge in [-0.3, -0.25) is 4.79 Å². The zero-order valence-corrected chi connectivity index (χ0v) is 12.0. The van der Waals surface area contributed by atoms with Crippen LogP contribution < -0.4 is 0 Å². The van der Waals surface area contributed by atoms with Crippen LogP contribution in [0.15, 0.2) is 0 Å². The molecule has 0 aromatic carbocycles. The second-order valence-corrected chi connectivity index (χ2v) is 4.02. The van der Waals surface area contributed by atoms with Crippen LogP contribution in [0.5, 0.6) is 0 Å². The summed E-state index contributed by atoms with van der Waals surface area (Å²) in [5.74, 6) is 21.5. The Kier molecular flexibility index (Phi) is 13.1. The van der Waals surface area contributed by atoms with Gasteiger partial charge < -0.3 is 5.11 Å². The SMILES string of the molecule is CCC#CCCCCCC#CC#CC#CCCC(=O)O. The zero-order chi connectivity index (χ0) is 14.9. The highest BCUT2D eigenvalue weighted by atomic mass is 16.4. The number of carbonyl (C=O) groups is 1. The molecule has 0 heterocycles. The average Bonchev–Trinajstić information content (AvgIpc) is 2.43. The quantitative estimate of drug-likeness (QED) is 0.593. The summed E-state index contributed by atoms with van der Waals surface area (Å²) in [7, 11) is 0. The van der Waals surface area contributed by atoms with Crippen molar-refractivity contribution in [3.8, 4) is 47.4 Å². The molecular weight excluding hydrogens is 248 g/mol. The normalized spacial score (nSPS) is 7.65. The van der Waals surface area contributed by atoms with Crippen LogP contribution in [0.2, 0.25) is 0 Å². The molecule has 0 saturated carbocycles. The van der Waals surface area contributed by atoms with E-state index in [-0.39, 0.29) is 6.42 Å². The molecule has 0 amide bonds. The lowest BCUT2D eigenvalue weighted by molar-refractivity contribution is -0.136. The van der Waals surface area contributed by atoms with E-state index in [2.05, 4.69) is 54.3 Å². The van der Waals surface area contributed by atoms with Crippen molar-refractivity contribution in [1.82, 2.24) is 0 Å². The van der Waals surface area contributed by atoms with Gasteiger partial charge in [-0.15, -0.1) is 11.8 Å². The minimum Gasteiger partial charge on any atom is -0.481 e. The van der Waals surface area contributed by atoms with Crippen LogP contribution in [0, 0.1) is 47.4 Å². The molecule has 0 aliphatic rings. The van der Waals surface area contributed by atoms with Crippen LogP contribution in [0.3, 0.4) is 0 Å². The molecule has 0 aliphatic heterocycles. The first-order chi connectivity index (χ1) is 9.77. The molecule has 20 heavy (non-hydrogen) atoms. The predicted octanol–water partition coefficient (Wildman–Crippen LogP) is 3.23. The van der Waals surface area contributed by atoms with Crippen molar-refractivity contribution in [2.45, 2.75) is 58.3 Å². The highest BCUT2D eigenvalue weighted by molar-refractivity contribution is 5.67. The highest BCUT2D eigenvalue weighted by Crippen LogP contribution is 2.01. The third-order valence-corrected chi connectivity index (χ3v) is 2.23. The van der Waals surface area contributed by atoms with Gasteiger partial charge in [-0.1, -0.05) is 25.2 Å². The lowest BCUT2D eigenvalue weighted by Gasteiger charge is -1.91. The summed E-state index contributed by atoms with van der Waals surface area (Å²) in [5, 5.41) is 8.38. The Balaban J connectivity index is 3.56. The third-order valence-electron chi connectivity index (χ3n) is 2.23. The van der Waals surface area contributed by atoms with E-state index in [0.29, 0.717) is 6.42 Å². The Hall–Kier alpha value is -2.29. The predicted molar refractivity (Wildman–Crippen MR) is 81.3 cm³/mol. The first-order valence-electron chi connectivity index (χ1n) is 6.90. The second-order valence-electron chi connectivity index (χ2n) is 4.02. The fourth-order valence-corrected chi connectivity index (χ4v) is 1.26. The molecule has 0 radical (unpaired) electrons. The van der Waals surface area contributed by atoms with E-state index in [4.69, 9.17) is 5.11 Å². The van der Waals surface area contributed by atoms with E-state index in [1.165, 1.54) is 0 Å². The topological polar surface area (TPSA) is 37.3 Å². The van der Waals surface area contributed by atoms with E-state index >= 15 is 0 Å². The van der Waals surface area contributed by atoms with Gasteiger partial charge in [0, 0.05) is 25.7 Å². The number of aliphatic carboxylic acids is 1. The monoisotopic (exact) mass is 268 g/mol. The van der Waals surface area contributed by atoms with Crippen molar-refractivity contribution in [3.63, 3.8) is 0 Å². The summed E-state index contributed by atoms with van der Waals surface area (Å²) in [4.78, 5) is 10.2. The van der Waals surface area contributed by atoms with Crippen LogP contribution in [0.25, 0.3) is 0 Å². The average molecular weight is 268 g/mol. The van der Waals surface area contributed by atoms with Crippen LogP contribution in [-0.4, -0.2) is 11.1 Å². The molecule has 2 heteroatoms. The van der Waals surface area contributed by atoms with Crippen molar-refractivity contribution in [3.05, 3.63) is 0 Å². The van der Waals surface area contributed by atoms with Gasteiger partial charge in [-0.25, -0.2) is 0 Å². The summed E-state index contributed by atoms with van der Waals surface area (Å²) in [6, 6.07) is 0. The van der Waals surface area contributed by atoms with E-state index in [1.807, 2.05) is 0 Å². The molecule has 104 valence electrons. The van der Waals surface area contributed by atoms with Gasteiger partial charge in [0.15, 0.2) is 0 Å². The maximum Gasteiger partial charge on any atom is 0.304 e. The van der Waals surface area contributed by atoms with Gasteiger partial charge in [0.1, 0.15) is 0 Å². The molecular formula is C18H20O2. The van der Waals surface area contributed by atoms with Crippen LogP contribution in [-0.2, 0) is 4.79 Å². The van der Waals surface area contributed by atoms with Gasteiger partial charge in [0.25, 0.3) is 0 Å². The Labute approximate surface area is 122 Å². The molecule has 0 saturated heterocycles. The minimum absolute atomic E-state index is 0.0585. The van der Waals surface area contributed by atoms with Crippen molar-refractivity contribution < 1.29 is 9.90 Å². The molecule has 0 fully saturated rings. The molecule has 0 spiro atoms. The van der Waals surface area contributed by atoms with Gasteiger partial charge >= 0.3 is 5.97 Å². The molecule has 0 unspecified atom stereocenters. The second kappa shape index (κ2) is 14.8. The van der Waals surface area contributed by atoms with Crippen molar-refractivity contribution in [2.24, 2.45) is 0 Å². The van der Waals surface area contributed by atoms with Crippen LogP contribution in [0.1, 0.15) is 58.3 Å². The van der Waals surface area contributed by atoms with Crippen molar-refractivity contribution >= 4 is 5.97 Å². The minimum atomic E-state index is -0.840. The fraction of sp³-hybridized carbons (Fsp3) is 0.500. The lowest BCUT2D eigenvalue weighted by Crippen LogP contribution is -1.91. The van der Waals surface area contributed by atoms with Gasteiger partial charge in [0.05, 0.1) is 6.42 Å². The molecule has 0 rings (SSSR count). The summed E-state index contributed by atoms with van der Waals surface area (Å²) in [5.41, 5.74) is 0. The van der Waals surface area contributed by atoms with Crippen molar-refractivity contribution in [2.75, 3.05) is 0 Å². The number of carboxylic acids is 1. The Morgan fingerprint density at radius 2 is 1.40 bits per heavy atom. The van der Waals surface area contributed by atoms with E-state index in [0.717, 1.165) is 38.5 Å². The molecule has 0 aromatic heterocycles. The summed E-state index contributed by atoms with van der Waals surface area (Å²) in [6.45, 7) is 2.06. The van der Waals surface area contributed by atoms with Gasteiger partial charge in [0.2, 0.25) is 0 Å². The molecule has 0 aliphatic carbocycles. The first-order valence-corrected chi connectivity index (χ1v) is 6.90. The van der Waals surface area contributed by atoms with Gasteiger partial charge in [-0.05, 0) is 36.5 Å². The standard InChI is InChI=1S/C18H20O2/c1-2-3-4-5-6-7-8-9-10-11-12-13-14-15-16-17-18(19)20/h2,5-9,16-17H2,1H3,(H,19,20). The zero-order valence-electron chi connectivity index (χ0n) is 12.0. The largest absolute Gasteiger partial charge is 0.481 e. The summed E-state index contributed by atoms with van der Waals surface area (Å²) in [6.07, 6.45) is 6.51. The third kappa shape index (κ3) is 15.7. The number of rotatable bonds is 6. The molecule has 1 N–H and O–H groups in total. The lowest BCUT2D eigenvalue weighted by atomic mass is 10.1. The Morgan fingerprint density at radius 3 is 2.00 bits per heavy atom. The van der Waals surface area contributed by atoms with Gasteiger partial charge in [-0.2, -0.15) is 0 Å². The molecule has 0 bridgehead atoms. The Bertz CT molecular complexity index is 513. The van der Waals surface area contributed by atoms with Crippen LogP contribution in [0.4, 0.5) is 0 Å². The Morgan fingerprint density at radius 1 is 0.800 bits per heavy atom. The van der Waals surface area contributed by atoms with E-state index in [1.54, 1.807) is 0 Å². The van der Waals surface area contributed by atoms with Crippen LogP contribution >= 0.6 is 0 Å². The van der Waals surface area contributed by atoms with Crippen molar-refractivity contribution in [1.29, 1.82) is 0 Å². The number of carboxylic acid groups (broad SMARTS) is 1. The summed E-state index contributed by atoms with van der Waals surface area (Å²) < 4.78 is 0. The van der Waals surface area contributed by atoms with E-state index in [9.17, 15) is 4.79 Å². The highest BCUT2D eigenvalue weighted by Gasteiger charge is 1.90. The smallest absolute Gasteiger partial charge is 0.304 e.